The standard InChI is InChI=1S/C19H16N.C17H20N.Ir/c1-15-14-20-19(17-10-6-3-7-11-17)13-18(15)12-16-8-4-2-5-9-16;1-12(2)9-16-10-17(18-11-14(16)4)15-7-5-13(3)6-8-15;/h2-10,13-14H,12H2,1H3;5-7,10-12H,9H2,1-4H3;/q2*-1;. The molecule has 0 N–H and O–H groups in total. The number of aromatic nitrogens is 2. The van der Waals surface area contributed by atoms with Gasteiger partial charge in [-0.15, -0.1) is 71.3 Å². The first kappa shape index (κ1) is 30.2. The van der Waals surface area contributed by atoms with Crippen LogP contribution in [0.1, 0.15) is 47.2 Å². The third-order valence-corrected chi connectivity index (χ3v) is 6.52. The van der Waals surface area contributed by atoms with Crippen LogP contribution in [0, 0.1) is 38.8 Å². The minimum atomic E-state index is 0. The number of pyridine rings is 2. The Kier molecular flexibility index (Phi) is 11.3. The smallest absolute Gasteiger partial charge is 0.0192 e. The predicted octanol–water partition coefficient (Wildman–Crippen LogP) is 8.81. The van der Waals surface area contributed by atoms with Crippen LogP contribution in [-0.2, 0) is 32.9 Å². The predicted molar refractivity (Wildman–Crippen MR) is 159 cm³/mol. The number of aryl methyl sites for hydroxylation is 3. The Morgan fingerprint density at radius 2 is 1.31 bits per heavy atom. The molecule has 0 amide bonds. The molecule has 201 valence electrons. The van der Waals surface area contributed by atoms with E-state index in [1.807, 2.05) is 48.8 Å². The van der Waals surface area contributed by atoms with Crippen LogP contribution in [0.25, 0.3) is 22.5 Å². The van der Waals surface area contributed by atoms with Gasteiger partial charge in [0.1, 0.15) is 0 Å². The zero-order valence-corrected chi connectivity index (χ0v) is 25.9. The summed E-state index contributed by atoms with van der Waals surface area (Å²) < 4.78 is 0. The van der Waals surface area contributed by atoms with Gasteiger partial charge in [0.05, 0.1) is 0 Å². The Morgan fingerprint density at radius 1 is 0.692 bits per heavy atom. The third kappa shape index (κ3) is 8.82. The van der Waals surface area contributed by atoms with Crippen molar-refractivity contribution in [3.05, 3.63) is 143 Å². The first-order chi connectivity index (χ1) is 18.4. The van der Waals surface area contributed by atoms with Crippen molar-refractivity contribution < 1.29 is 20.1 Å². The second kappa shape index (κ2) is 14.7. The van der Waals surface area contributed by atoms with E-state index in [4.69, 9.17) is 0 Å². The van der Waals surface area contributed by atoms with Gasteiger partial charge in [0.25, 0.3) is 0 Å². The maximum Gasteiger partial charge on any atom is 0.0192 e. The van der Waals surface area contributed by atoms with Crippen molar-refractivity contribution in [3.8, 4) is 22.5 Å². The second-order valence-corrected chi connectivity index (χ2v) is 10.3. The summed E-state index contributed by atoms with van der Waals surface area (Å²) in [4.78, 5) is 9.03. The van der Waals surface area contributed by atoms with Crippen molar-refractivity contribution in [3.63, 3.8) is 0 Å². The third-order valence-electron chi connectivity index (χ3n) is 6.52. The molecule has 3 aromatic carbocycles. The van der Waals surface area contributed by atoms with Gasteiger partial charge in [-0.3, -0.25) is 0 Å². The first-order valence-electron chi connectivity index (χ1n) is 13.3. The van der Waals surface area contributed by atoms with Crippen LogP contribution in [0.15, 0.2) is 97.3 Å². The second-order valence-electron chi connectivity index (χ2n) is 10.3. The van der Waals surface area contributed by atoms with Crippen molar-refractivity contribution in [2.75, 3.05) is 0 Å². The van der Waals surface area contributed by atoms with E-state index in [0.717, 1.165) is 35.4 Å². The average molecular weight is 689 g/mol. The van der Waals surface area contributed by atoms with E-state index in [1.54, 1.807) is 0 Å². The molecule has 3 heteroatoms. The molecule has 5 aromatic rings. The molecule has 0 spiro atoms. The molecule has 0 aliphatic heterocycles. The fraction of sp³-hybridized carbons (Fsp3) is 0.222. The maximum absolute atomic E-state index is 4.52. The molecular formula is C36H36IrN2-2. The molecule has 0 saturated carbocycles. The minimum absolute atomic E-state index is 0. The molecular weight excluding hydrogens is 653 g/mol. The van der Waals surface area contributed by atoms with Crippen molar-refractivity contribution in [2.45, 2.75) is 47.5 Å². The van der Waals surface area contributed by atoms with E-state index in [0.29, 0.717) is 5.92 Å². The number of hydrogen-bond donors (Lipinski definition) is 0. The van der Waals surface area contributed by atoms with Crippen LogP contribution in [0.4, 0.5) is 0 Å². The van der Waals surface area contributed by atoms with Crippen LogP contribution in [0.5, 0.6) is 0 Å². The first-order valence-corrected chi connectivity index (χ1v) is 13.3. The van der Waals surface area contributed by atoms with Gasteiger partial charge in [-0.1, -0.05) is 68.8 Å². The number of hydrogen-bond acceptors (Lipinski definition) is 2. The largest absolute Gasteiger partial charge is 0.304 e. The summed E-state index contributed by atoms with van der Waals surface area (Å²) in [5.41, 5.74) is 11.9. The molecule has 0 saturated heterocycles. The van der Waals surface area contributed by atoms with Gasteiger partial charge < -0.3 is 9.97 Å². The molecule has 0 aliphatic carbocycles. The van der Waals surface area contributed by atoms with Crippen LogP contribution in [0.2, 0.25) is 0 Å². The van der Waals surface area contributed by atoms with Gasteiger partial charge in [-0.2, -0.15) is 0 Å². The molecule has 2 aromatic heterocycles. The van der Waals surface area contributed by atoms with Crippen LogP contribution < -0.4 is 0 Å². The van der Waals surface area contributed by atoms with E-state index < -0.39 is 0 Å². The Labute approximate surface area is 248 Å². The van der Waals surface area contributed by atoms with E-state index in [9.17, 15) is 0 Å². The van der Waals surface area contributed by atoms with E-state index in [1.165, 1.54) is 33.4 Å². The fourth-order valence-corrected chi connectivity index (χ4v) is 4.31. The minimum Gasteiger partial charge on any atom is -0.304 e. The normalized spacial score (nSPS) is 10.4. The average Bonchev–Trinajstić information content (AvgIpc) is 2.93. The number of benzene rings is 3. The molecule has 2 nitrogen and oxygen atoms in total. The van der Waals surface area contributed by atoms with Gasteiger partial charge >= 0.3 is 0 Å². The molecule has 0 fully saturated rings. The molecule has 0 atom stereocenters. The summed E-state index contributed by atoms with van der Waals surface area (Å²) in [5.74, 6) is 0.668. The topological polar surface area (TPSA) is 25.8 Å². The summed E-state index contributed by atoms with van der Waals surface area (Å²) in [6.07, 6.45) is 5.97. The van der Waals surface area contributed by atoms with Crippen molar-refractivity contribution in [1.29, 1.82) is 0 Å². The van der Waals surface area contributed by atoms with Crippen LogP contribution >= 0.6 is 0 Å². The molecule has 0 aliphatic rings. The molecule has 0 unspecified atom stereocenters. The molecule has 5 rings (SSSR count). The van der Waals surface area contributed by atoms with Gasteiger partial charge in [0.15, 0.2) is 0 Å². The van der Waals surface area contributed by atoms with Gasteiger partial charge in [-0.25, -0.2) is 0 Å². The van der Waals surface area contributed by atoms with E-state index in [2.05, 4.69) is 105 Å². The maximum atomic E-state index is 4.52. The van der Waals surface area contributed by atoms with E-state index >= 15 is 0 Å². The summed E-state index contributed by atoms with van der Waals surface area (Å²) >= 11 is 0. The van der Waals surface area contributed by atoms with Crippen molar-refractivity contribution in [1.82, 2.24) is 9.97 Å². The Morgan fingerprint density at radius 3 is 1.90 bits per heavy atom. The van der Waals surface area contributed by atoms with E-state index in [-0.39, 0.29) is 20.1 Å². The van der Waals surface area contributed by atoms with Crippen LogP contribution in [-0.4, -0.2) is 9.97 Å². The summed E-state index contributed by atoms with van der Waals surface area (Å²) in [5, 5.41) is 0. The summed E-state index contributed by atoms with van der Waals surface area (Å²) in [6, 6.07) is 35.6. The Bertz CT molecular complexity index is 1440. The van der Waals surface area contributed by atoms with Gasteiger partial charge in [0, 0.05) is 32.5 Å². The van der Waals surface area contributed by atoms with Gasteiger partial charge in [-0.05, 0) is 66.2 Å². The molecule has 2 heterocycles. The van der Waals surface area contributed by atoms with Crippen molar-refractivity contribution in [2.24, 2.45) is 5.92 Å². The molecule has 39 heavy (non-hydrogen) atoms. The molecule has 0 bridgehead atoms. The molecule has 1 radical (unpaired) electrons. The zero-order chi connectivity index (χ0) is 26.9. The van der Waals surface area contributed by atoms with Gasteiger partial charge in [0.2, 0.25) is 0 Å². The van der Waals surface area contributed by atoms with Crippen LogP contribution in [0.3, 0.4) is 0 Å². The summed E-state index contributed by atoms with van der Waals surface area (Å²) in [7, 11) is 0. The summed E-state index contributed by atoms with van der Waals surface area (Å²) in [6.45, 7) is 10.8. The Balaban J connectivity index is 0.000000211. The monoisotopic (exact) mass is 689 g/mol. The van der Waals surface area contributed by atoms with Crippen molar-refractivity contribution >= 4 is 0 Å². The number of nitrogens with zero attached hydrogens (tertiary/aromatic N) is 2. The number of rotatable bonds is 6. The zero-order valence-electron chi connectivity index (χ0n) is 23.5. The quantitative estimate of drug-likeness (QED) is 0.167. The SMILES string of the molecule is Cc1c[c-]c(-c2cc(CC(C)C)c(C)cn2)cc1.Cc1cnc(-c2[c-]cccc2)cc1Cc1ccccc1.[Ir]. The fourth-order valence-electron chi connectivity index (χ4n) is 4.31. The Hall–Kier alpha value is -3.39.